The number of aliphatic imine (C=N–C) groups is 1. The van der Waals surface area contributed by atoms with E-state index >= 15 is 0 Å². The third kappa shape index (κ3) is 5.23. The van der Waals surface area contributed by atoms with Gasteiger partial charge in [-0.05, 0) is 38.7 Å². The predicted molar refractivity (Wildman–Crippen MR) is 106 cm³/mol. The van der Waals surface area contributed by atoms with Crippen molar-refractivity contribution < 1.29 is 14.6 Å². The zero-order valence-corrected chi connectivity index (χ0v) is 16.0. The summed E-state index contributed by atoms with van der Waals surface area (Å²) in [5.41, 5.74) is 1.76. The molecule has 0 amide bonds. The number of phenols is 1. The third-order valence-corrected chi connectivity index (χ3v) is 4.10. The number of likely N-dealkylation sites (N-methyl/N-ethyl adjacent to an activating group) is 1. The summed E-state index contributed by atoms with van der Waals surface area (Å²) in [6.07, 6.45) is 2.63. The van der Waals surface area contributed by atoms with Crippen molar-refractivity contribution in [1.29, 1.82) is 0 Å². The van der Waals surface area contributed by atoms with E-state index in [1.54, 1.807) is 19.4 Å². The molecule has 0 saturated heterocycles. The van der Waals surface area contributed by atoms with Crippen LogP contribution in [0.4, 0.5) is 0 Å². The molecule has 0 unspecified atom stereocenters. The molecule has 0 spiro atoms. The Hall–Kier alpha value is -2.53. The zero-order chi connectivity index (χ0) is 18.9. The summed E-state index contributed by atoms with van der Waals surface area (Å²) in [4.78, 5) is 6.65. The van der Waals surface area contributed by atoms with Gasteiger partial charge in [0.15, 0.2) is 0 Å². The summed E-state index contributed by atoms with van der Waals surface area (Å²) in [5.74, 6) is 1.68. The number of hydrogen-bond donors (Lipinski definition) is 1. The van der Waals surface area contributed by atoms with Crippen LogP contribution < -0.4 is 9.47 Å². The third-order valence-electron chi connectivity index (χ3n) is 4.10. The summed E-state index contributed by atoms with van der Waals surface area (Å²) < 4.78 is 11.0. The molecule has 5 nitrogen and oxygen atoms in total. The van der Waals surface area contributed by atoms with Crippen LogP contribution in [0.15, 0.2) is 47.5 Å². The van der Waals surface area contributed by atoms with E-state index in [1.807, 2.05) is 51.4 Å². The molecule has 0 aromatic heterocycles. The number of nitrogens with zero attached hydrogens (tertiary/aromatic N) is 2. The average molecular weight is 356 g/mol. The van der Waals surface area contributed by atoms with E-state index in [0.717, 1.165) is 17.7 Å². The standard InChI is InChI=1S/C21H28N2O3/c1-5-12-26-17-11-10-16(20(24)13-17)14-22-15-19(23(2)3)18-8-6-7-9-21(18)25-4/h6-11,13-14,19,24H,5,12,15H2,1-4H3/t19-/m1/s1. The van der Waals surface area contributed by atoms with Crippen molar-refractivity contribution >= 4 is 6.21 Å². The molecular weight excluding hydrogens is 328 g/mol. The zero-order valence-electron chi connectivity index (χ0n) is 16.0. The maximum atomic E-state index is 10.2. The summed E-state index contributed by atoms with van der Waals surface area (Å²) in [5, 5.41) is 10.2. The number of benzene rings is 2. The number of ether oxygens (including phenoxy) is 2. The van der Waals surface area contributed by atoms with Crippen molar-refractivity contribution in [2.75, 3.05) is 34.4 Å². The minimum absolute atomic E-state index is 0.0803. The van der Waals surface area contributed by atoms with Crippen LogP contribution in [0.25, 0.3) is 0 Å². The summed E-state index contributed by atoms with van der Waals surface area (Å²) in [6, 6.07) is 13.3. The molecule has 0 heterocycles. The largest absolute Gasteiger partial charge is 0.507 e. The lowest BCUT2D eigenvalue weighted by Gasteiger charge is -2.24. The van der Waals surface area contributed by atoms with E-state index in [2.05, 4.69) is 16.0 Å². The van der Waals surface area contributed by atoms with E-state index in [1.165, 1.54) is 0 Å². The molecule has 0 aliphatic carbocycles. The Morgan fingerprint density at radius 2 is 1.96 bits per heavy atom. The molecule has 2 aromatic carbocycles. The SMILES string of the molecule is CCCOc1ccc(C=NC[C@H](c2ccccc2OC)N(C)C)c(O)c1. The summed E-state index contributed by atoms with van der Waals surface area (Å²) >= 11 is 0. The van der Waals surface area contributed by atoms with Crippen molar-refractivity contribution in [2.45, 2.75) is 19.4 Å². The molecule has 140 valence electrons. The summed E-state index contributed by atoms with van der Waals surface area (Å²) in [7, 11) is 5.71. The predicted octanol–water partition coefficient (Wildman–Crippen LogP) is 3.91. The second-order valence-corrected chi connectivity index (χ2v) is 6.28. The van der Waals surface area contributed by atoms with Gasteiger partial charge in [-0.25, -0.2) is 0 Å². The van der Waals surface area contributed by atoms with Gasteiger partial charge in [0.05, 0.1) is 26.3 Å². The molecule has 26 heavy (non-hydrogen) atoms. The molecule has 5 heteroatoms. The van der Waals surface area contributed by atoms with Crippen molar-refractivity contribution in [3.63, 3.8) is 0 Å². The monoisotopic (exact) mass is 356 g/mol. The van der Waals surface area contributed by atoms with Gasteiger partial charge in [-0.1, -0.05) is 25.1 Å². The van der Waals surface area contributed by atoms with Crippen molar-refractivity contribution in [3.05, 3.63) is 53.6 Å². The van der Waals surface area contributed by atoms with Crippen molar-refractivity contribution in [2.24, 2.45) is 4.99 Å². The van der Waals surface area contributed by atoms with Gasteiger partial charge >= 0.3 is 0 Å². The molecule has 0 aliphatic rings. The number of para-hydroxylation sites is 1. The van der Waals surface area contributed by atoms with Crippen LogP contribution >= 0.6 is 0 Å². The van der Waals surface area contributed by atoms with Gasteiger partial charge in [-0.3, -0.25) is 4.99 Å². The number of hydrogen-bond acceptors (Lipinski definition) is 5. The molecule has 1 atom stereocenters. The maximum absolute atomic E-state index is 10.2. The van der Waals surface area contributed by atoms with Gasteiger partial charge in [0.25, 0.3) is 0 Å². The Labute approximate surface area is 155 Å². The normalized spacial score (nSPS) is 12.5. The Morgan fingerprint density at radius 3 is 2.62 bits per heavy atom. The topological polar surface area (TPSA) is 54.3 Å². The molecule has 2 aromatic rings. The first-order chi connectivity index (χ1) is 12.6. The lowest BCUT2D eigenvalue weighted by Crippen LogP contribution is -2.23. The van der Waals surface area contributed by atoms with Gasteiger partial charge in [0.1, 0.15) is 17.2 Å². The van der Waals surface area contributed by atoms with Gasteiger partial charge in [-0.2, -0.15) is 0 Å². The minimum Gasteiger partial charge on any atom is -0.507 e. The van der Waals surface area contributed by atoms with Gasteiger partial charge in [-0.15, -0.1) is 0 Å². The minimum atomic E-state index is 0.0803. The van der Waals surface area contributed by atoms with E-state index in [9.17, 15) is 5.11 Å². The molecule has 2 rings (SSSR count). The first kappa shape index (κ1) is 19.8. The quantitative estimate of drug-likeness (QED) is 0.692. The van der Waals surface area contributed by atoms with Crippen LogP contribution in [0.2, 0.25) is 0 Å². The molecule has 0 bridgehead atoms. The molecule has 0 radical (unpaired) electrons. The van der Waals surface area contributed by atoms with Crippen LogP contribution in [0.5, 0.6) is 17.2 Å². The highest BCUT2D eigenvalue weighted by molar-refractivity contribution is 5.83. The molecule has 0 fully saturated rings. The highest BCUT2D eigenvalue weighted by Crippen LogP contribution is 2.28. The average Bonchev–Trinajstić information content (AvgIpc) is 2.64. The number of methoxy groups -OCH3 is 1. The van der Waals surface area contributed by atoms with Gasteiger partial charge in [0, 0.05) is 23.4 Å². The summed E-state index contributed by atoms with van der Waals surface area (Å²) in [6.45, 7) is 3.24. The van der Waals surface area contributed by atoms with Crippen LogP contribution in [0.3, 0.4) is 0 Å². The van der Waals surface area contributed by atoms with Gasteiger partial charge < -0.3 is 19.5 Å². The van der Waals surface area contributed by atoms with E-state index in [4.69, 9.17) is 9.47 Å². The van der Waals surface area contributed by atoms with Crippen LogP contribution in [0, 0.1) is 0 Å². The lowest BCUT2D eigenvalue weighted by atomic mass is 10.0. The van der Waals surface area contributed by atoms with Gasteiger partial charge in [0.2, 0.25) is 0 Å². The maximum Gasteiger partial charge on any atom is 0.128 e. The highest BCUT2D eigenvalue weighted by Gasteiger charge is 2.17. The van der Waals surface area contributed by atoms with E-state index in [0.29, 0.717) is 24.5 Å². The Morgan fingerprint density at radius 1 is 1.19 bits per heavy atom. The van der Waals surface area contributed by atoms with Crippen molar-refractivity contribution in [1.82, 2.24) is 4.90 Å². The van der Waals surface area contributed by atoms with E-state index in [-0.39, 0.29) is 11.8 Å². The molecular formula is C21H28N2O3. The number of phenolic OH excluding ortho intramolecular Hbond substituents is 1. The van der Waals surface area contributed by atoms with Crippen LogP contribution in [-0.2, 0) is 0 Å². The fourth-order valence-corrected chi connectivity index (χ4v) is 2.67. The fraction of sp³-hybridized carbons (Fsp3) is 0.381. The first-order valence-corrected chi connectivity index (χ1v) is 8.81. The Kier molecular flexibility index (Phi) is 7.48. The Balaban J connectivity index is 2.11. The second kappa shape index (κ2) is 9.82. The first-order valence-electron chi connectivity index (χ1n) is 8.81. The van der Waals surface area contributed by atoms with Crippen LogP contribution in [0.1, 0.15) is 30.5 Å². The molecule has 0 aliphatic heterocycles. The number of aromatic hydroxyl groups is 1. The smallest absolute Gasteiger partial charge is 0.128 e. The van der Waals surface area contributed by atoms with E-state index < -0.39 is 0 Å². The number of rotatable bonds is 9. The lowest BCUT2D eigenvalue weighted by molar-refractivity contribution is 0.295. The van der Waals surface area contributed by atoms with Crippen LogP contribution in [-0.4, -0.2) is 50.6 Å². The molecule has 0 saturated carbocycles. The highest BCUT2D eigenvalue weighted by atomic mass is 16.5. The van der Waals surface area contributed by atoms with Crippen molar-refractivity contribution in [3.8, 4) is 17.2 Å². The Bertz CT molecular complexity index is 729. The second-order valence-electron chi connectivity index (χ2n) is 6.28. The molecule has 1 N–H and O–H groups in total. The fourth-order valence-electron chi connectivity index (χ4n) is 2.67.